The normalized spacial score (nSPS) is 21.9. The Hall–Kier alpha value is -3.77. The fraction of sp³-hybridized carbons (Fsp3) is 0.516. The molecule has 3 fully saturated rings. The second-order valence-corrected chi connectivity index (χ2v) is 11.6. The summed E-state index contributed by atoms with van der Waals surface area (Å²) in [5.74, 6) is 2.18. The summed E-state index contributed by atoms with van der Waals surface area (Å²) in [7, 11) is 0. The standard InChI is InChI=1S/C31H38N8O/c1-19-22(9-12-32)5-4-6-26(19)20(2)35-30-27-15-29(34-16-28(27)21(3)36-37-30)38-17-24-7-8-25(18-38)39(24)31(40)23-10-13-33-14-11-23/h4-6,15-16,20,23-25,33H,7-11,13-14,17-18H2,1-3H3,(H,35,37)/t20-,24?,25?/m1/s1. The third kappa shape index (κ3) is 4.86. The molecule has 2 aromatic heterocycles. The lowest BCUT2D eigenvalue weighted by molar-refractivity contribution is -0.139. The van der Waals surface area contributed by atoms with E-state index in [0.717, 1.165) is 96.7 Å². The van der Waals surface area contributed by atoms with Gasteiger partial charge >= 0.3 is 0 Å². The number of hydrogen-bond donors (Lipinski definition) is 2. The fourth-order valence-corrected chi connectivity index (χ4v) is 6.90. The Bertz CT molecular complexity index is 1450. The minimum atomic E-state index is -0.0177. The maximum Gasteiger partial charge on any atom is 0.226 e. The van der Waals surface area contributed by atoms with E-state index in [1.54, 1.807) is 0 Å². The maximum atomic E-state index is 13.4. The molecule has 2 unspecified atom stereocenters. The number of hydrogen-bond acceptors (Lipinski definition) is 8. The van der Waals surface area contributed by atoms with Crippen molar-refractivity contribution in [1.29, 1.82) is 5.26 Å². The van der Waals surface area contributed by atoms with Crippen LogP contribution in [0.4, 0.5) is 11.6 Å². The smallest absolute Gasteiger partial charge is 0.226 e. The van der Waals surface area contributed by atoms with Crippen LogP contribution in [0.2, 0.25) is 0 Å². The van der Waals surface area contributed by atoms with Gasteiger partial charge < -0.3 is 20.4 Å². The van der Waals surface area contributed by atoms with E-state index in [4.69, 9.17) is 4.98 Å². The van der Waals surface area contributed by atoms with E-state index in [0.29, 0.717) is 12.3 Å². The van der Waals surface area contributed by atoms with Gasteiger partial charge in [0.05, 0.1) is 24.2 Å². The summed E-state index contributed by atoms with van der Waals surface area (Å²) in [6.45, 7) is 9.66. The summed E-state index contributed by atoms with van der Waals surface area (Å²) >= 11 is 0. The van der Waals surface area contributed by atoms with Crippen LogP contribution in [0.1, 0.15) is 61.0 Å². The fourth-order valence-electron chi connectivity index (χ4n) is 6.90. The maximum absolute atomic E-state index is 13.4. The molecule has 3 aliphatic heterocycles. The van der Waals surface area contributed by atoms with E-state index in [9.17, 15) is 10.1 Å². The van der Waals surface area contributed by atoms with Crippen molar-refractivity contribution in [2.75, 3.05) is 36.4 Å². The average molecular weight is 539 g/mol. The van der Waals surface area contributed by atoms with Gasteiger partial charge in [-0.05, 0) is 82.3 Å². The van der Waals surface area contributed by atoms with Gasteiger partial charge in [-0.2, -0.15) is 10.4 Å². The molecule has 5 heterocycles. The number of fused-ring (bicyclic) bond motifs is 3. The highest BCUT2D eigenvalue weighted by molar-refractivity contribution is 5.94. The van der Waals surface area contributed by atoms with Crippen LogP contribution in [-0.4, -0.2) is 64.3 Å². The lowest BCUT2D eigenvalue weighted by Crippen LogP contribution is -2.58. The van der Waals surface area contributed by atoms with E-state index >= 15 is 0 Å². The first-order chi connectivity index (χ1) is 19.4. The molecule has 3 atom stereocenters. The second kappa shape index (κ2) is 11.0. The first kappa shape index (κ1) is 26.5. The van der Waals surface area contributed by atoms with E-state index < -0.39 is 0 Å². The van der Waals surface area contributed by atoms with Crippen molar-refractivity contribution in [3.8, 4) is 6.07 Å². The molecule has 0 aliphatic carbocycles. The molecular weight excluding hydrogens is 500 g/mol. The number of pyridine rings is 1. The van der Waals surface area contributed by atoms with Crippen molar-refractivity contribution in [3.63, 3.8) is 0 Å². The number of aromatic nitrogens is 3. The quantitative estimate of drug-likeness (QED) is 0.484. The van der Waals surface area contributed by atoms with Gasteiger partial charge in [0.25, 0.3) is 0 Å². The first-order valence-electron chi connectivity index (χ1n) is 14.6. The number of piperidine rings is 1. The number of amides is 1. The molecule has 3 aliphatic rings. The van der Waals surface area contributed by atoms with Gasteiger partial charge in [0, 0.05) is 48.1 Å². The van der Waals surface area contributed by atoms with Crippen molar-refractivity contribution in [2.24, 2.45) is 5.92 Å². The van der Waals surface area contributed by atoms with E-state index in [1.165, 1.54) is 0 Å². The van der Waals surface area contributed by atoms with E-state index in [-0.39, 0.29) is 24.0 Å². The Kier molecular flexibility index (Phi) is 7.28. The summed E-state index contributed by atoms with van der Waals surface area (Å²) < 4.78 is 0. The molecular formula is C31H38N8O. The number of carbonyl (C=O) groups excluding carboxylic acids is 1. The van der Waals surface area contributed by atoms with Gasteiger partial charge in [0.2, 0.25) is 5.91 Å². The van der Waals surface area contributed by atoms with Crippen LogP contribution in [0.25, 0.3) is 10.8 Å². The second-order valence-electron chi connectivity index (χ2n) is 11.6. The molecule has 40 heavy (non-hydrogen) atoms. The number of piperazine rings is 1. The Balaban J connectivity index is 1.25. The van der Waals surface area contributed by atoms with Crippen LogP contribution >= 0.6 is 0 Å². The lowest BCUT2D eigenvalue weighted by atomic mass is 9.95. The number of anilines is 2. The Morgan fingerprint density at radius 3 is 2.60 bits per heavy atom. The monoisotopic (exact) mass is 538 g/mol. The number of carbonyl (C=O) groups is 1. The molecule has 6 rings (SSSR count). The highest BCUT2D eigenvalue weighted by Gasteiger charge is 2.44. The number of benzene rings is 1. The highest BCUT2D eigenvalue weighted by Crippen LogP contribution is 2.36. The third-order valence-corrected chi connectivity index (χ3v) is 9.16. The minimum Gasteiger partial charge on any atom is -0.362 e. The molecule has 9 nitrogen and oxygen atoms in total. The molecule has 0 saturated carbocycles. The molecule has 2 bridgehead atoms. The van der Waals surface area contributed by atoms with Crippen LogP contribution in [0.3, 0.4) is 0 Å². The molecule has 3 aromatic rings. The Morgan fingerprint density at radius 1 is 1.12 bits per heavy atom. The van der Waals surface area contributed by atoms with Crippen LogP contribution in [0, 0.1) is 31.1 Å². The molecule has 208 valence electrons. The number of nitrogens with one attached hydrogen (secondary N) is 2. The highest BCUT2D eigenvalue weighted by atomic mass is 16.2. The minimum absolute atomic E-state index is 0.0177. The topological polar surface area (TPSA) is 110 Å². The number of nitrogens with zero attached hydrogens (tertiary/aromatic N) is 6. The van der Waals surface area contributed by atoms with Gasteiger partial charge in [-0.1, -0.05) is 18.2 Å². The predicted octanol–water partition coefficient (Wildman–Crippen LogP) is 4.06. The zero-order chi connectivity index (χ0) is 27.8. The summed E-state index contributed by atoms with van der Waals surface area (Å²) in [5, 5.41) is 27.1. The van der Waals surface area contributed by atoms with Crippen molar-refractivity contribution in [2.45, 2.75) is 71.0 Å². The van der Waals surface area contributed by atoms with E-state index in [1.807, 2.05) is 25.3 Å². The zero-order valence-corrected chi connectivity index (χ0v) is 23.7. The van der Waals surface area contributed by atoms with Crippen molar-refractivity contribution >= 4 is 28.3 Å². The van der Waals surface area contributed by atoms with Crippen molar-refractivity contribution in [3.05, 3.63) is 52.8 Å². The molecule has 2 N–H and O–H groups in total. The summed E-state index contributed by atoms with van der Waals surface area (Å²) in [4.78, 5) is 22.9. The van der Waals surface area contributed by atoms with Gasteiger partial charge in [0.15, 0.2) is 5.82 Å². The van der Waals surface area contributed by atoms with Crippen molar-refractivity contribution < 1.29 is 4.79 Å². The number of aryl methyl sites for hydroxylation is 1. The molecule has 9 heteroatoms. The molecule has 1 aromatic carbocycles. The Morgan fingerprint density at radius 2 is 1.88 bits per heavy atom. The van der Waals surface area contributed by atoms with Crippen LogP contribution in [0.15, 0.2) is 30.5 Å². The number of nitriles is 1. The summed E-state index contributed by atoms with van der Waals surface area (Å²) in [6, 6.07) is 11.0. The number of rotatable bonds is 6. The summed E-state index contributed by atoms with van der Waals surface area (Å²) in [5.41, 5.74) is 4.16. The summed E-state index contributed by atoms with van der Waals surface area (Å²) in [6.07, 6.45) is 6.32. The first-order valence-corrected chi connectivity index (χ1v) is 14.6. The molecule has 3 saturated heterocycles. The third-order valence-electron chi connectivity index (χ3n) is 9.16. The van der Waals surface area contributed by atoms with E-state index in [2.05, 4.69) is 62.7 Å². The van der Waals surface area contributed by atoms with Gasteiger partial charge in [-0.25, -0.2) is 4.98 Å². The van der Waals surface area contributed by atoms with Crippen molar-refractivity contribution in [1.82, 2.24) is 25.4 Å². The molecule has 1 amide bonds. The van der Waals surface area contributed by atoms with Gasteiger partial charge in [0.1, 0.15) is 5.82 Å². The van der Waals surface area contributed by atoms with Crippen LogP contribution in [-0.2, 0) is 11.2 Å². The molecule has 0 spiro atoms. The zero-order valence-electron chi connectivity index (χ0n) is 23.7. The SMILES string of the molecule is Cc1c(CC#N)cccc1[C@@H](C)Nc1nnc(C)c2cnc(N3CC4CCC(C3)N4C(=O)C3CCNCC3)cc12. The predicted molar refractivity (Wildman–Crippen MR) is 156 cm³/mol. The van der Waals surface area contributed by atoms with Gasteiger partial charge in [-0.15, -0.1) is 5.10 Å². The van der Waals surface area contributed by atoms with Gasteiger partial charge in [-0.3, -0.25) is 4.79 Å². The van der Waals surface area contributed by atoms with Crippen LogP contribution < -0.4 is 15.5 Å². The molecule has 0 radical (unpaired) electrons. The average Bonchev–Trinajstić information content (AvgIpc) is 3.24. The lowest BCUT2D eigenvalue weighted by Gasteiger charge is -2.43. The Labute approximate surface area is 236 Å². The largest absolute Gasteiger partial charge is 0.362 e. The van der Waals surface area contributed by atoms with Crippen LogP contribution in [0.5, 0.6) is 0 Å².